The average Bonchev–Trinajstić information content (AvgIpc) is 2.47. The maximum Gasteiger partial charge on any atom is 0.153 e. The van der Waals surface area contributed by atoms with Crippen molar-refractivity contribution in [3.63, 3.8) is 0 Å². The number of hydrogen-bond donors (Lipinski definition) is 1. The first-order chi connectivity index (χ1) is 10.1. The van der Waals surface area contributed by atoms with Gasteiger partial charge in [0.05, 0.1) is 17.0 Å². The first kappa shape index (κ1) is 14.3. The standard InChI is InChI=1S/C15H19N3O2S/c1-16-11-12-10-15(17-14-5-3-2-4-13(12)14)18-6-8-21(19,20)9-7-18/h2-5,10,16H,6-9,11H2,1H3. The molecule has 1 aromatic heterocycles. The van der Waals surface area contributed by atoms with Crippen LogP contribution in [0.2, 0.25) is 0 Å². The molecular weight excluding hydrogens is 286 g/mol. The van der Waals surface area contributed by atoms with Crippen LogP contribution in [0.1, 0.15) is 5.56 Å². The van der Waals surface area contributed by atoms with Gasteiger partial charge in [0.1, 0.15) is 5.82 Å². The lowest BCUT2D eigenvalue weighted by molar-refractivity contribution is 0.586. The van der Waals surface area contributed by atoms with E-state index < -0.39 is 9.84 Å². The van der Waals surface area contributed by atoms with Crippen LogP contribution in [0.3, 0.4) is 0 Å². The van der Waals surface area contributed by atoms with Crippen LogP contribution in [0.5, 0.6) is 0 Å². The minimum Gasteiger partial charge on any atom is -0.355 e. The number of para-hydroxylation sites is 1. The van der Waals surface area contributed by atoms with Crippen LogP contribution in [0, 0.1) is 0 Å². The van der Waals surface area contributed by atoms with E-state index in [0.717, 1.165) is 23.3 Å². The Bertz CT molecular complexity index is 745. The summed E-state index contributed by atoms with van der Waals surface area (Å²) in [6.45, 7) is 1.81. The van der Waals surface area contributed by atoms with E-state index in [1.807, 2.05) is 25.2 Å². The van der Waals surface area contributed by atoms with Crippen LogP contribution in [-0.4, -0.2) is 45.0 Å². The van der Waals surface area contributed by atoms with Crippen molar-refractivity contribution < 1.29 is 8.42 Å². The zero-order chi connectivity index (χ0) is 14.9. The van der Waals surface area contributed by atoms with Crippen LogP contribution < -0.4 is 10.2 Å². The van der Waals surface area contributed by atoms with Crippen molar-refractivity contribution in [2.75, 3.05) is 36.5 Å². The zero-order valence-electron chi connectivity index (χ0n) is 12.0. The molecule has 1 aliphatic rings. The SMILES string of the molecule is CNCc1cc(N2CCS(=O)(=O)CC2)nc2ccccc12. The van der Waals surface area contributed by atoms with Gasteiger partial charge in [-0.3, -0.25) is 0 Å². The summed E-state index contributed by atoms with van der Waals surface area (Å²) in [4.78, 5) is 6.76. The monoisotopic (exact) mass is 305 g/mol. The normalized spacial score (nSPS) is 18.0. The second-order valence-electron chi connectivity index (χ2n) is 5.33. The first-order valence-electron chi connectivity index (χ1n) is 7.08. The lowest BCUT2D eigenvalue weighted by Gasteiger charge is -2.28. The molecule has 0 bridgehead atoms. The smallest absolute Gasteiger partial charge is 0.153 e. The molecule has 0 spiro atoms. The highest BCUT2D eigenvalue weighted by Gasteiger charge is 2.23. The number of anilines is 1. The number of sulfone groups is 1. The summed E-state index contributed by atoms with van der Waals surface area (Å²) in [6.07, 6.45) is 0. The Hall–Kier alpha value is -1.66. The fraction of sp³-hybridized carbons (Fsp3) is 0.400. The van der Waals surface area contributed by atoms with Gasteiger partial charge in [-0.15, -0.1) is 0 Å². The number of rotatable bonds is 3. The molecule has 6 heteroatoms. The summed E-state index contributed by atoms with van der Waals surface area (Å²) in [5.41, 5.74) is 2.14. The van der Waals surface area contributed by atoms with E-state index in [9.17, 15) is 8.42 Å². The molecule has 1 saturated heterocycles. The van der Waals surface area contributed by atoms with Crippen molar-refractivity contribution in [2.24, 2.45) is 0 Å². The van der Waals surface area contributed by atoms with Crippen molar-refractivity contribution >= 4 is 26.6 Å². The predicted molar refractivity (Wildman–Crippen MR) is 85.4 cm³/mol. The van der Waals surface area contributed by atoms with E-state index >= 15 is 0 Å². The van der Waals surface area contributed by atoms with Crippen LogP contribution >= 0.6 is 0 Å². The molecule has 1 N–H and O–H groups in total. The zero-order valence-corrected chi connectivity index (χ0v) is 12.9. The molecule has 5 nitrogen and oxygen atoms in total. The minimum atomic E-state index is -2.87. The van der Waals surface area contributed by atoms with Gasteiger partial charge < -0.3 is 10.2 Å². The van der Waals surface area contributed by atoms with Gasteiger partial charge in [0.2, 0.25) is 0 Å². The van der Waals surface area contributed by atoms with E-state index in [-0.39, 0.29) is 11.5 Å². The molecule has 1 aromatic carbocycles. The van der Waals surface area contributed by atoms with E-state index in [0.29, 0.717) is 13.1 Å². The Balaban J connectivity index is 1.99. The molecule has 3 rings (SSSR count). The van der Waals surface area contributed by atoms with Gasteiger partial charge in [0.25, 0.3) is 0 Å². The van der Waals surface area contributed by atoms with Gasteiger partial charge in [-0.2, -0.15) is 0 Å². The van der Waals surface area contributed by atoms with Crippen LogP contribution in [-0.2, 0) is 16.4 Å². The minimum absolute atomic E-state index is 0.211. The highest BCUT2D eigenvalue weighted by molar-refractivity contribution is 7.91. The molecule has 0 unspecified atom stereocenters. The number of hydrogen-bond acceptors (Lipinski definition) is 5. The number of fused-ring (bicyclic) bond motifs is 1. The maximum atomic E-state index is 11.6. The van der Waals surface area contributed by atoms with Crippen LogP contribution in [0.25, 0.3) is 10.9 Å². The number of nitrogens with zero attached hydrogens (tertiary/aromatic N) is 2. The molecule has 2 heterocycles. The number of nitrogens with one attached hydrogen (secondary N) is 1. The Morgan fingerprint density at radius 1 is 1.24 bits per heavy atom. The third-order valence-electron chi connectivity index (χ3n) is 3.82. The molecule has 0 aliphatic carbocycles. The average molecular weight is 305 g/mol. The fourth-order valence-electron chi connectivity index (χ4n) is 2.67. The van der Waals surface area contributed by atoms with Crippen LogP contribution in [0.4, 0.5) is 5.82 Å². The molecule has 1 aliphatic heterocycles. The molecule has 1 fully saturated rings. The molecular formula is C15H19N3O2S. The number of benzene rings is 1. The first-order valence-corrected chi connectivity index (χ1v) is 8.90. The Morgan fingerprint density at radius 3 is 2.67 bits per heavy atom. The largest absolute Gasteiger partial charge is 0.355 e. The summed E-state index contributed by atoms with van der Waals surface area (Å²) in [7, 11) is -0.949. The molecule has 0 atom stereocenters. The summed E-state index contributed by atoms with van der Waals surface area (Å²) in [5.74, 6) is 1.29. The maximum absolute atomic E-state index is 11.6. The van der Waals surface area contributed by atoms with Crippen molar-refractivity contribution in [3.05, 3.63) is 35.9 Å². The van der Waals surface area contributed by atoms with Crippen molar-refractivity contribution in [1.29, 1.82) is 0 Å². The van der Waals surface area contributed by atoms with Gasteiger partial charge in [-0.25, -0.2) is 13.4 Å². The lowest BCUT2D eigenvalue weighted by Crippen LogP contribution is -2.40. The van der Waals surface area contributed by atoms with Crippen molar-refractivity contribution in [3.8, 4) is 0 Å². The summed E-state index contributed by atoms with van der Waals surface area (Å²) in [6, 6.07) is 10.1. The summed E-state index contributed by atoms with van der Waals surface area (Å²) < 4.78 is 23.1. The molecule has 0 saturated carbocycles. The number of aromatic nitrogens is 1. The molecule has 21 heavy (non-hydrogen) atoms. The molecule has 112 valence electrons. The second kappa shape index (κ2) is 5.61. The van der Waals surface area contributed by atoms with Gasteiger partial charge in [-0.05, 0) is 24.7 Å². The molecule has 2 aromatic rings. The Labute approximate surface area is 124 Å². The molecule has 0 amide bonds. The molecule has 0 radical (unpaired) electrons. The summed E-state index contributed by atoms with van der Waals surface area (Å²) >= 11 is 0. The number of pyridine rings is 1. The van der Waals surface area contributed by atoms with E-state index in [1.54, 1.807) is 0 Å². The fourth-order valence-corrected chi connectivity index (χ4v) is 3.87. The quantitative estimate of drug-likeness (QED) is 0.923. The lowest BCUT2D eigenvalue weighted by atomic mass is 10.1. The van der Waals surface area contributed by atoms with Crippen molar-refractivity contribution in [2.45, 2.75) is 6.54 Å². The van der Waals surface area contributed by atoms with E-state index in [2.05, 4.69) is 22.3 Å². The Kier molecular flexibility index (Phi) is 3.82. The topological polar surface area (TPSA) is 62.3 Å². The second-order valence-corrected chi connectivity index (χ2v) is 7.63. The third kappa shape index (κ3) is 3.01. The van der Waals surface area contributed by atoms with E-state index in [1.165, 1.54) is 5.56 Å². The van der Waals surface area contributed by atoms with Gasteiger partial charge in [-0.1, -0.05) is 18.2 Å². The predicted octanol–water partition coefficient (Wildman–Crippen LogP) is 1.19. The third-order valence-corrected chi connectivity index (χ3v) is 5.43. The highest BCUT2D eigenvalue weighted by Crippen LogP contribution is 2.24. The van der Waals surface area contributed by atoms with Gasteiger partial charge in [0, 0.05) is 25.0 Å². The van der Waals surface area contributed by atoms with Gasteiger partial charge >= 0.3 is 0 Å². The summed E-state index contributed by atoms with van der Waals surface area (Å²) in [5, 5.41) is 4.32. The van der Waals surface area contributed by atoms with Gasteiger partial charge in [0.15, 0.2) is 9.84 Å². The van der Waals surface area contributed by atoms with E-state index in [4.69, 9.17) is 4.98 Å². The van der Waals surface area contributed by atoms with Crippen molar-refractivity contribution in [1.82, 2.24) is 10.3 Å². The van der Waals surface area contributed by atoms with Crippen LogP contribution in [0.15, 0.2) is 30.3 Å². The highest BCUT2D eigenvalue weighted by atomic mass is 32.2. The Morgan fingerprint density at radius 2 is 1.95 bits per heavy atom.